The number of hydrogen-bond donors (Lipinski definition) is 0. The zero-order chi connectivity index (χ0) is 18.3. The SMILES string of the molecule is Cc1ccc(C(=O)N2CCN(c3nc4c(C)cccc4s3)CC2)c(C)c1. The number of amides is 1. The van der Waals surface area contributed by atoms with Gasteiger partial charge in [-0.2, -0.15) is 0 Å². The van der Waals surface area contributed by atoms with Crippen molar-refractivity contribution in [3.63, 3.8) is 0 Å². The standard InChI is InChI=1S/C21H23N3OS/c1-14-7-8-17(16(3)13-14)20(25)23-9-11-24(12-10-23)21-22-19-15(2)5-4-6-18(19)26-21/h4-8,13H,9-12H2,1-3H3. The monoisotopic (exact) mass is 365 g/mol. The Bertz CT molecular complexity index is 971. The number of piperazine rings is 1. The first-order valence-corrected chi connectivity index (χ1v) is 9.82. The van der Waals surface area contributed by atoms with Crippen molar-refractivity contribution in [2.75, 3.05) is 31.1 Å². The van der Waals surface area contributed by atoms with Gasteiger partial charge in [-0.3, -0.25) is 4.79 Å². The van der Waals surface area contributed by atoms with E-state index in [0.29, 0.717) is 0 Å². The minimum Gasteiger partial charge on any atom is -0.345 e. The molecular weight excluding hydrogens is 342 g/mol. The Morgan fingerprint density at radius 1 is 1.00 bits per heavy atom. The molecule has 1 amide bonds. The lowest BCUT2D eigenvalue weighted by Crippen LogP contribution is -2.48. The zero-order valence-corrected chi connectivity index (χ0v) is 16.3. The van der Waals surface area contributed by atoms with E-state index in [1.807, 2.05) is 24.0 Å². The van der Waals surface area contributed by atoms with Gasteiger partial charge in [-0.15, -0.1) is 0 Å². The normalized spacial score (nSPS) is 14.9. The van der Waals surface area contributed by atoms with Gasteiger partial charge in [0.05, 0.1) is 10.2 Å². The Hall–Kier alpha value is -2.40. The number of nitrogens with zero attached hydrogens (tertiary/aromatic N) is 3. The van der Waals surface area contributed by atoms with Crippen LogP contribution in [0, 0.1) is 20.8 Å². The number of benzene rings is 2. The summed E-state index contributed by atoms with van der Waals surface area (Å²) >= 11 is 1.74. The van der Waals surface area contributed by atoms with Crippen LogP contribution in [0.2, 0.25) is 0 Å². The molecule has 26 heavy (non-hydrogen) atoms. The van der Waals surface area contributed by atoms with Crippen LogP contribution in [0.25, 0.3) is 10.2 Å². The molecule has 1 aromatic heterocycles. The van der Waals surface area contributed by atoms with Gasteiger partial charge >= 0.3 is 0 Å². The van der Waals surface area contributed by atoms with E-state index in [4.69, 9.17) is 4.98 Å². The molecule has 0 unspecified atom stereocenters. The first-order valence-electron chi connectivity index (χ1n) is 9.00. The fourth-order valence-electron chi connectivity index (χ4n) is 3.53. The predicted octanol–water partition coefficient (Wildman–Crippen LogP) is 4.18. The van der Waals surface area contributed by atoms with Gasteiger partial charge in [0.2, 0.25) is 0 Å². The number of carbonyl (C=O) groups is 1. The third kappa shape index (κ3) is 3.07. The van der Waals surface area contributed by atoms with Crippen LogP contribution in [0.4, 0.5) is 5.13 Å². The lowest BCUT2D eigenvalue weighted by molar-refractivity contribution is 0.0746. The minimum absolute atomic E-state index is 0.141. The quantitative estimate of drug-likeness (QED) is 0.683. The number of anilines is 1. The smallest absolute Gasteiger partial charge is 0.254 e. The lowest BCUT2D eigenvalue weighted by atomic mass is 10.0. The molecule has 0 bridgehead atoms. The molecule has 1 saturated heterocycles. The number of aryl methyl sites for hydroxylation is 3. The van der Waals surface area contributed by atoms with E-state index in [9.17, 15) is 4.79 Å². The van der Waals surface area contributed by atoms with Gasteiger partial charge in [0.15, 0.2) is 5.13 Å². The summed E-state index contributed by atoms with van der Waals surface area (Å²) in [6.07, 6.45) is 0. The van der Waals surface area contributed by atoms with Crippen LogP contribution in [0.15, 0.2) is 36.4 Å². The molecule has 1 aliphatic heterocycles. The fourth-order valence-corrected chi connectivity index (χ4v) is 4.63. The van der Waals surface area contributed by atoms with Crippen LogP contribution in [0.5, 0.6) is 0 Å². The maximum atomic E-state index is 12.9. The topological polar surface area (TPSA) is 36.4 Å². The molecule has 1 aliphatic rings. The van der Waals surface area contributed by atoms with Crippen molar-refractivity contribution in [3.05, 3.63) is 58.7 Å². The molecule has 4 rings (SSSR count). The number of rotatable bonds is 2. The number of aromatic nitrogens is 1. The zero-order valence-electron chi connectivity index (χ0n) is 15.5. The number of thiazole rings is 1. The summed E-state index contributed by atoms with van der Waals surface area (Å²) in [6.45, 7) is 9.30. The van der Waals surface area contributed by atoms with E-state index in [1.165, 1.54) is 15.8 Å². The molecule has 1 fully saturated rings. The summed E-state index contributed by atoms with van der Waals surface area (Å²) in [5.41, 5.74) is 5.38. The third-order valence-electron chi connectivity index (χ3n) is 5.06. The van der Waals surface area contributed by atoms with Crippen molar-refractivity contribution in [3.8, 4) is 0 Å². The summed E-state index contributed by atoms with van der Waals surface area (Å²) in [5.74, 6) is 0.141. The molecule has 0 saturated carbocycles. The van der Waals surface area contributed by atoms with Gasteiger partial charge in [0, 0.05) is 31.7 Å². The minimum atomic E-state index is 0.141. The van der Waals surface area contributed by atoms with Crippen LogP contribution in [0.3, 0.4) is 0 Å². The molecule has 3 aromatic rings. The van der Waals surface area contributed by atoms with Crippen LogP contribution >= 0.6 is 11.3 Å². The van der Waals surface area contributed by atoms with Crippen molar-refractivity contribution < 1.29 is 4.79 Å². The summed E-state index contributed by atoms with van der Waals surface area (Å²) in [6, 6.07) is 12.4. The van der Waals surface area contributed by atoms with E-state index in [2.05, 4.69) is 43.0 Å². The highest BCUT2D eigenvalue weighted by Crippen LogP contribution is 2.31. The van der Waals surface area contributed by atoms with E-state index in [-0.39, 0.29) is 5.91 Å². The molecule has 2 heterocycles. The highest BCUT2D eigenvalue weighted by molar-refractivity contribution is 7.22. The van der Waals surface area contributed by atoms with Gasteiger partial charge < -0.3 is 9.80 Å². The Kier molecular flexibility index (Phi) is 4.41. The number of carbonyl (C=O) groups excluding carboxylic acids is 1. The van der Waals surface area contributed by atoms with Crippen LogP contribution in [-0.4, -0.2) is 42.0 Å². The molecule has 4 nitrogen and oxygen atoms in total. The van der Waals surface area contributed by atoms with E-state index in [1.54, 1.807) is 11.3 Å². The van der Waals surface area contributed by atoms with Crippen molar-refractivity contribution >= 4 is 32.6 Å². The molecule has 134 valence electrons. The molecule has 0 atom stereocenters. The van der Waals surface area contributed by atoms with E-state index in [0.717, 1.165) is 48.0 Å². The highest BCUT2D eigenvalue weighted by atomic mass is 32.1. The Labute approximate surface area is 158 Å². The van der Waals surface area contributed by atoms with Crippen LogP contribution in [0.1, 0.15) is 27.0 Å². The lowest BCUT2D eigenvalue weighted by Gasteiger charge is -2.34. The molecule has 0 spiro atoms. The second-order valence-corrected chi connectivity index (χ2v) is 8.02. The summed E-state index contributed by atoms with van der Waals surface area (Å²) in [5, 5.41) is 1.06. The average Bonchev–Trinajstić information content (AvgIpc) is 3.07. The maximum absolute atomic E-state index is 12.9. The van der Waals surface area contributed by atoms with Gasteiger partial charge in [-0.25, -0.2) is 4.98 Å². The second-order valence-electron chi connectivity index (χ2n) is 7.02. The molecule has 0 radical (unpaired) electrons. The van der Waals surface area contributed by atoms with Gasteiger partial charge in [0.25, 0.3) is 5.91 Å². The van der Waals surface area contributed by atoms with Crippen molar-refractivity contribution in [2.45, 2.75) is 20.8 Å². The number of fused-ring (bicyclic) bond motifs is 1. The summed E-state index contributed by atoms with van der Waals surface area (Å²) < 4.78 is 1.23. The van der Waals surface area contributed by atoms with Crippen LogP contribution in [-0.2, 0) is 0 Å². The van der Waals surface area contributed by atoms with Gasteiger partial charge in [-0.1, -0.05) is 41.2 Å². The van der Waals surface area contributed by atoms with Crippen LogP contribution < -0.4 is 4.90 Å². The number of hydrogen-bond acceptors (Lipinski definition) is 4. The second kappa shape index (κ2) is 6.72. The largest absolute Gasteiger partial charge is 0.345 e. The summed E-state index contributed by atoms with van der Waals surface area (Å²) in [4.78, 5) is 22.0. The average molecular weight is 366 g/mol. The Morgan fingerprint density at radius 2 is 1.77 bits per heavy atom. The number of para-hydroxylation sites is 1. The molecule has 5 heteroatoms. The molecule has 0 aliphatic carbocycles. The van der Waals surface area contributed by atoms with Gasteiger partial charge in [0.1, 0.15) is 0 Å². The third-order valence-corrected chi connectivity index (χ3v) is 6.14. The van der Waals surface area contributed by atoms with Gasteiger partial charge in [-0.05, 0) is 44.0 Å². The van der Waals surface area contributed by atoms with E-state index >= 15 is 0 Å². The maximum Gasteiger partial charge on any atom is 0.254 e. The predicted molar refractivity (Wildman–Crippen MR) is 108 cm³/mol. The van der Waals surface area contributed by atoms with E-state index < -0.39 is 0 Å². The van der Waals surface area contributed by atoms with Crippen molar-refractivity contribution in [2.24, 2.45) is 0 Å². The Balaban J connectivity index is 1.48. The first-order chi connectivity index (χ1) is 12.5. The van der Waals surface area contributed by atoms with Crippen molar-refractivity contribution in [1.82, 2.24) is 9.88 Å². The molecule has 2 aromatic carbocycles. The molecule has 0 N–H and O–H groups in total. The van der Waals surface area contributed by atoms with Crippen molar-refractivity contribution in [1.29, 1.82) is 0 Å². The molecular formula is C21H23N3OS. The fraction of sp³-hybridized carbons (Fsp3) is 0.333. The summed E-state index contributed by atoms with van der Waals surface area (Å²) in [7, 11) is 0. The Morgan fingerprint density at radius 3 is 2.46 bits per heavy atom. The highest BCUT2D eigenvalue weighted by Gasteiger charge is 2.24. The first kappa shape index (κ1) is 17.0.